The molecule has 0 aliphatic carbocycles. The number of nitrogens with zero attached hydrogens (tertiary/aromatic N) is 3. The molecule has 1 aliphatic heterocycles. The first kappa shape index (κ1) is 18.3. The number of piperidine rings is 1. The van der Waals surface area contributed by atoms with Gasteiger partial charge < -0.3 is 10.6 Å². The van der Waals surface area contributed by atoms with Gasteiger partial charge in [0.05, 0.1) is 11.6 Å². The van der Waals surface area contributed by atoms with Crippen LogP contribution in [-0.2, 0) is 0 Å². The van der Waals surface area contributed by atoms with Crippen LogP contribution in [0.3, 0.4) is 0 Å². The third-order valence-electron chi connectivity index (χ3n) is 5.04. The Morgan fingerprint density at radius 3 is 2.46 bits per heavy atom. The number of hydrogen-bond donors (Lipinski definition) is 2. The maximum atomic E-state index is 12.5. The molecule has 1 amide bonds. The Morgan fingerprint density at radius 2 is 1.85 bits per heavy atom. The molecule has 0 bridgehead atoms. The molecule has 2 aromatic rings. The van der Waals surface area contributed by atoms with Gasteiger partial charge in [0.1, 0.15) is 0 Å². The average molecular weight is 353 g/mol. The Hall–Kier alpha value is -2.47. The van der Waals surface area contributed by atoms with Crippen LogP contribution in [0.2, 0.25) is 0 Å². The Labute approximate surface area is 155 Å². The normalized spacial score (nSPS) is 16.8. The maximum absolute atomic E-state index is 12.5. The van der Waals surface area contributed by atoms with Gasteiger partial charge >= 0.3 is 0 Å². The number of aromatic nitrogens is 2. The van der Waals surface area contributed by atoms with Crippen LogP contribution >= 0.6 is 0 Å². The first-order valence-electron chi connectivity index (χ1n) is 9.24. The van der Waals surface area contributed by atoms with E-state index in [-0.39, 0.29) is 11.9 Å². The van der Waals surface area contributed by atoms with Crippen molar-refractivity contribution in [3.63, 3.8) is 0 Å². The summed E-state index contributed by atoms with van der Waals surface area (Å²) in [6.45, 7) is 5.02. The molecule has 1 fully saturated rings. The van der Waals surface area contributed by atoms with Gasteiger partial charge in [-0.2, -0.15) is 0 Å². The van der Waals surface area contributed by atoms with Crippen molar-refractivity contribution in [1.29, 1.82) is 0 Å². The second-order valence-corrected chi connectivity index (χ2v) is 6.90. The van der Waals surface area contributed by atoms with Crippen molar-refractivity contribution >= 4 is 11.9 Å². The molecule has 1 aromatic carbocycles. The summed E-state index contributed by atoms with van der Waals surface area (Å²) in [5, 5.41) is 5.91. The van der Waals surface area contributed by atoms with Crippen LogP contribution in [0.15, 0.2) is 42.7 Å². The van der Waals surface area contributed by atoms with Gasteiger partial charge in [0.25, 0.3) is 5.91 Å². The van der Waals surface area contributed by atoms with Crippen molar-refractivity contribution in [2.24, 2.45) is 5.92 Å². The van der Waals surface area contributed by atoms with Gasteiger partial charge in [-0.1, -0.05) is 37.3 Å². The Bertz CT molecular complexity index is 696. The highest BCUT2D eigenvalue weighted by atomic mass is 16.1. The first-order chi connectivity index (χ1) is 12.7. The number of hydrogen-bond acceptors (Lipinski definition) is 5. The van der Waals surface area contributed by atoms with Crippen molar-refractivity contribution in [2.45, 2.75) is 25.8 Å². The van der Waals surface area contributed by atoms with E-state index in [9.17, 15) is 4.79 Å². The highest BCUT2D eigenvalue weighted by molar-refractivity contribution is 5.93. The molecular weight excluding hydrogens is 326 g/mol. The van der Waals surface area contributed by atoms with Gasteiger partial charge in [-0.25, -0.2) is 9.97 Å². The zero-order valence-electron chi connectivity index (χ0n) is 15.5. The lowest BCUT2D eigenvalue weighted by atomic mass is 9.95. The summed E-state index contributed by atoms with van der Waals surface area (Å²) in [5.74, 6) is 1.14. The maximum Gasteiger partial charge on any atom is 0.254 e. The van der Waals surface area contributed by atoms with Crippen molar-refractivity contribution < 1.29 is 4.79 Å². The third kappa shape index (κ3) is 4.58. The zero-order valence-corrected chi connectivity index (χ0v) is 15.5. The highest BCUT2D eigenvalue weighted by Crippen LogP contribution is 2.26. The summed E-state index contributed by atoms with van der Waals surface area (Å²) in [4.78, 5) is 23.2. The zero-order chi connectivity index (χ0) is 18.4. The van der Waals surface area contributed by atoms with E-state index in [0.29, 0.717) is 18.1 Å². The number of amides is 1. The van der Waals surface area contributed by atoms with Crippen molar-refractivity contribution in [2.75, 3.05) is 32.0 Å². The lowest BCUT2D eigenvalue weighted by molar-refractivity contribution is 0.0912. The second-order valence-electron chi connectivity index (χ2n) is 6.90. The molecule has 2 heterocycles. The van der Waals surface area contributed by atoms with E-state index in [1.807, 2.05) is 6.07 Å². The fourth-order valence-corrected chi connectivity index (χ4v) is 3.34. The topological polar surface area (TPSA) is 70.2 Å². The number of benzene rings is 1. The van der Waals surface area contributed by atoms with Crippen LogP contribution in [0.4, 0.5) is 5.95 Å². The molecule has 0 radical (unpaired) electrons. The molecule has 138 valence electrons. The average Bonchev–Trinajstić information content (AvgIpc) is 2.70. The van der Waals surface area contributed by atoms with Crippen molar-refractivity contribution in [3.05, 3.63) is 53.9 Å². The smallest absolute Gasteiger partial charge is 0.254 e. The lowest BCUT2D eigenvalue weighted by Crippen LogP contribution is -2.42. The monoisotopic (exact) mass is 353 g/mol. The number of carbonyl (C=O) groups excluding carboxylic acids is 1. The Kier molecular flexibility index (Phi) is 6.17. The van der Waals surface area contributed by atoms with Gasteiger partial charge in [-0.05, 0) is 37.4 Å². The van der Waals surface area contributed by atoms with Crippen LogP contribution in [0.1, 0.15) is 41.7 Å². The third-order valence-corrected chi connectivity index (χ3v) is 5.04. The fraction of sp³-hybridized carbons (Fsp3) is 0.450. The van der Waals surface area contributed by atoms with Crippen LogP contribution in [0.25, 0.3) is 0 Å². The quantitative estimate of drug-likeness (QED) is 0.836. The summed E-state index contributed by atoms with van der Waals surface area (Å²) >= 11 is 0. The van der Waals surface area contributed by atoms with Crippen LogP contribution < -0.4 is 10.6 Å². The van der Waals surface area contributed by atoms with Crippen molar-refractivity contribution in [1.82, 2.24) is 20.2 Å². The Balaban J connectivity index is 1.68. The molecule has 1 aromatic heterocycles. The van der Waals surface area contributed by atoms with Crippen LogP contribution in [-0.4, -0.2) is 47.5 Å². The van der Waals surface area contributed by atoms with E-state index >= 15 is 0 Å². The molecule has 0 saturated carbocycles. The molecule has 1 saturated heterocycles. The SMILES string of the molecule is CNc1ncc(C(=O)NCC(c2ccccc2)N2CCC(C)CC2)cn1. The summed E-state index contributed by atoms with van der Waals surface area (Å²) < 4.78 is 0. The van der Waals surface area contributed by atoms with Crippen molar-refractivity contribution in [3.8, 4) is 0 Å². The summed E-state index contributed by atoms with van der Waals surface area (Å²) in [7, 11) is 1.75. The largest absolute Gasteiger partial charge is 0.357 e. The molecule has 2 N–H and O–H groups in total. The van der Waals surface area contributed by atoms with Gasteiger partial charge in [0.2, 0.25) is 5.95 Å². The standard InChI is InChI=1S/C20H27N5O/c1-15-8-10-25(11-9-15)18(16-6-4-3-5-7-16)14-22-19(26)17-12-23-20(21-2)24-13-17/h3-7,12-13,15,18H,8-11,14H2,1-2H3,(H,22,26)(H,21,23,24). The predicted octanol–water partition coefficient (Wildman–Crippen LogP) is 2.72. The van der Waals surface area contributed by atoms with E-state index in [4.69, 9.17) is 0 Å². The molecular formula is C20H27N5O. The number of rotatable bonds is 6. The molecule has 1 unspecified atom stereocenters. The minimum atomic E-state index is -0.140. The molecule has 6 heteroatoms. The minimum Gasteiger partial charge on any atom is -0.357 e. The number of nitrogens with one attached hydrogen (secondary N) is 2. The number of carbonyl (C=O) groups is 1. The summed E-state index contributed by atoms with van der Waals surface area (Å²) in [6, 6.07) is 10.6. The van der Waals surface area contributed by atoms with Gasteiger partial charge in [0, 0.05) is 26.0 Å². The van der Waals surface area contributed by atoms with Gasteiger partial charge in [-0.15, -0.1) is 0 Å². The highest BCUT2D eigenvalue weighted by Gasteiger charge is 2.25. The lowest BCUT2D eigenvalue weighted by Gasteiger charge is -2.37. The summed E-state index contributed by atoms with van der Waals surface area (Å²) in [6.07, 6.45) is 5.51. The molecule has 3 rings (SSSR count). The molecule has 6 nitrogen and oxygen atoms in total. The molecule has 1 aliphatic rings. The second kappa shape index (κ2) is 8.76. The van der Waals surface area contributed by atoms with Crippen LogP contribution in [0.5, 0.6) is 0 Å². The minimum absolute atomic E-state index is 0.140. The van der Waals surface area contributed by atoms with E-state index in [2.05, 4.69) is 56.7 Å². The van der Waals surface area contributed by atoms with E-state index in [0.717, 1.165) is 19.0 Å². The van der Waals surface area contributed by atoms with E-state index in [1.54, 1.807) is 19.4 Å². The predicted molar refractivity (Wildman–Crippen MR) is 103 cm³/mol. The van der Waals surface area contributed by atoms with E-state index < -0.39 is 0 Å². The first-order valence-corrected chi connectivity index (χ1v) is 9.24. The molecule has 26 heavy (non-hydrogen) atoms. The Morgan fingerprint density at radius 1 is 1.19 bits per heavy atom. The summed E-state index contributed by atoms with van der Waals surface area (Å²) in [5.41, 5.74) is 1.72. The molecule has 1 atom stereocenters. The van der Waals surface area contributed by atoms with E-state index in [1.165, 1.54) is 18.4 Å². The van der Waals surface area contributed by atoms with Gasteiger partial charge in [-0.3, -0.25) is 9.69 Å². The fourth-order valence-electron chi connectivity index (χ4n) is 3.34. The van der Waals surface area contributed by atoms with Crippen LogP contribution in [0, 0.1) is 5.92 Å². The number of likely N-dealkylation sites (tertiary alicyclic amines) is 1. The molecule has 0 spiro atoms. The number of anilines is 1. The van der Waals surface area contributed by atoms with Gasteiger partial charge in [0.15, 0.2) is 0 Å².